The second-order valence-corrected chi connectivity index (χ2v) is 13.9. The summed E-state index contributed by atoms with van der Waals surface area (Å²) in [5.41, 5.74) is 11.9. The molecule has 0 amide bonds. The Hall–Kier alpha value is -7.43. The average molecular weight is 705 g/mol. The van der Waals surface area contributed by atoms with Gasteiger partial charge in [0.05, 0.1) is 11.1 Å². The van der Waals surface area contributed by atoms with Gasteiger partial charge in [0.1, 0.15) is 16.7 Å². The van der Waals surface area contributed by atoms with Crippen molar-refractivity contribution in [2.75, 3.05) is 4.90 Å². The molecule has 4 nitrogen and oxygen atoms in total. The van der Waals surface area contributed by atoms with Crippen LogP contribution in [0.3, 0.4) is 0 Å². The minimum Gasteiger partial charge on any atom is -0.456 e. The Labute approximate surface area is 317 Å². The summed E-state index contributed by atoms with van der Waals surface area (Å²) in [6.45, 7) is 0. The molecule has 11 rings (SSSR count). The molecular formula is C51H32N2O2. The molecule has 0 fully saturated rings. The molecule has 0 aliphatic carbocycles. The second-order valence-electron chi connectivity index (χ2n) is 13.9. The van der Waals surface area contributed by atoms with Crippen molar-refractivity contribution in [1.82, 2.24) is 4.98 Å². The van der Waals surface area contributed by atoms with Gasteiger partial charge in [-0.05, 0) is 105 Å². The van der Waals surface area contributed by atoms with Crippen molar-refractivity contribution in [3.63, 3.8) is 0 Å². The molecule has 258 valence electrons. The Morgan fingerprint density at radius 3 is 1.84 bits per heavy atom. The standard InChI is InChI=1S/C51H32N2O2/c1-5-15-33(16-6-1)37-30-45(49-41-23-13-14-24-46(41)54-47(49)31-37)53(38-21-11-4-12-22-38)39-26-27-40-42(34-17-7-2-8-18-34)29-36-25-28-44-50(48(36)43(40)32-39)55-51(52-44)35-19-9-3-10-20-35/h1-32H. The van der Waals surface area contributed by atoms with Gasteiger partial charge in [0.25, 0.3) is 0 Å². The largest absolute Gasteiger partial charge is 0.456 e. The van der Waals surface area contributed by atoms with E-state index < -0.39 is 0 Å². The van der Waals surface area contributed by atoms with Crippen LogP contribution in [0.1, 0.15) is 0 Å². The third kappa shape index (κ3) is 5.19. The van der Waals surface area contributed by atoms with Crippen molar-refractivity contribution in [1.29, 1.82) is 0 Å². The lowest BCUT2D eigenvalue weighted by molar-refractivity contribution is 0.623. The zero-order valence-electron chi connectivity index (χ0n) is 29.7. The molecule has 2 aromatic heterocycles. The van der Waals surface area contributed by atoms with Crippen LogP contribution in [0.4, 0.5) is 17.1 Å². The molecule has 0 spiro atoms. The Morgan fingerprint density at radius 1 is 0.400 bits per heavy atom. The number of aromatic nitrogens is 1. The lowest BCUT2D eigenvalue weighted by Crippen LogP contribution is -2.10. The van der Waals surface area contributed by atoms with Gasteiger partial charge in [-0.1, -0.05) is 127 Å². The van der Waals surface area contributed by atoms with E-state index in [0.29, 0.717) is 5.89 Å². The van der Waals surface area contributed by atoms with E-state index in [1.54, 1.807) is 0 Å². The number of fused-ring (bicyclic) bond motifs is 8. The Kier molecular flexibility index (Phi) is 7.14. The van der Waals surface area contributed by atoms with Crippen LogP contribution in [0.15, 0.2) is 203 Å². The SMILES string of the molecule is c1ccc(-c2cc(N(c3ccccc3)c3ccc4c(-c5ccccc5)cc5ccc6nc(-c7ccccc7)oc6c5c4c3)c3c(c2)oc2ccccc23)cc1. The van der Waals surface area contributed by atoms with Crippen LogP contribution in [-0.4, -0.2) is 4.98 Å². The van der Waals surface area contributed by atoms with E-state index in [1.807, 2.05) is 42.5 Å². The summed E-state index contributed by atoms with van der Waals surface area (Å²) in [6, 6.07) is 68.0. The Bertz CT molecular complexity index is 3190. The summed E-state index contributed by atoms with van der Waals surface area (Å²) in [4.78, 5) is 7.35. The van der Waals surface area contributed by atoms with E-state index in [0.717, 1.165) is 99.5 Å². The van der Waals surface area contributed by atoms with E-state index in [9.17, 15) is 0 Å². The molecule has 0 unspecified atom stereocenters. The summed E-state index contributed by atoms with van der Waals surface area (Å²) in [7, 11) is 0. The molecule has 9 aromatic carbocycles. The fraction of sp³-hybridized carbons (Fsp3) is 0. The number of para-hydroxylation sites is 2. The third-order valence-electron chi connectivity index (χ3n) is 10.6. The monoisotopic (exact) mass is 704 g/mol. The fourth-order valence-electron chi connectivity index (χ4n) is 8.12. The van der Waals surface area contributed by atoms with Crippen molar-refractivity contribution in [2.45, 2.75) is 0 Å². The third-order valence-corrected chi connectivity index (χ3v) is 10.6. The highest BCUT2D eigenvalue weighted by atomic mass is 16.3. The number of oxazole rings is 1. The van der Waals surface area contributed by atoms with Crippen molar-refractivity contribution < 1.29 is 8.83 Å². The summed E-state index contributed by atoms with van der Waals surface area (Å²) >= 11 is 0. The van der Waals surface area contributed by atoms with Crippen LogP contribution >= 0.6 is 0 Å². The molecule has 0 atom stereocenters. The van der Waals surface area contributed by atoms with E-state index in [1.165, 1.54) is 0 Å². The maximum absolute atomic E-state index is 6.71. The minimum atomic E-state index is 0.609. The van der Waals surface area contributed by atoms with Crippen LogP contribution in [0.25, 0.3) is 88.3 Å². The summed E-state index contributed by atoms with van der Waals surface area (Å²) in [5, 5.41) is 6.48. The van der Waals surface area contributed by atoms with Gasteiger partial charge in [0, 0.05) is 27.7 Å². The van der Waals surface area contributed by atoms with Crippen molar-refractivity contribution in [2.24, 2.45) is 0 Å². The molecule has 4 heteroatoms. The van der Waals surface area contributed by atoms with E-state index in [2.05, 4.69) is 157 Å². The summed E-state index contributed by atoms with van der Waals surface area (Å²) in [6.07, 6.45) is 0. The van der Waals surface area contributed by atoms with Gasteiger partial charge >= 0.3 is 0 Å². The molecule has 0 aliphatic heterocycles. The predicted octanol–water partition coefficient (Wildman–Crippen LogP) is 14.5. The van der Waals surface area contributed by atoms with Crippen LogP contribution in [-0.2, 0) is 0 Å². The summed E-state index contributed by atoms with van der Waals surface area (Å²) in [5.74, 6) is 0.609. The lowest BCUT2D eigenvalue weighted by Gasteiger charge is -2.27. The first-order valence-corrected chi connectivity index (χ1v) is 18.5. The lowest BCUT2D eigenvalue weighted by atomic mass is 9.92. The highest BCUT2D eigenvalue weighted by Gasteiger charge is 2.23. The van der Waals surface area contributed by atoms with Crippen molar-refractivity contribution in [3.8, 4) is 33.7 Å². The van der Waals surface area contributed by atoms with E-state index >= 15 is 0 Å². The number of nitrogens with zero attached hydrogens (tertiary/aromatic N) is 2. The maximum Gasteiger partial charge on any atom is 0.227 e. The second kappa shape index (κ2) is 12.6. The quantitative estimate of drug-likeness (QED) is 0.162. The Balaban J connectivity index is 1.24. The van der Waals surface area contributed by atoms with E-state index in [-0.39, 0.29) is 0 Å². The molecule has 55 heavy (non-hydrogen) atoms. The molecule has 2 heterocycles. The van der Waals surface area contributed by atoms with Crippen LogP contribution in [0, 0.1) is 0 Å². The molecule has 0 aliphatic rings. The van der Waals surface area contributed by atoms with Crippen LogP contribution in [0.5, 0.6) is 0 Å². The van der Waals surface area contributed by atoms with Crippen LogP contribution in [0.2, 0.25) is 0 Å². The number of anilines is 3. The number of hydrogen-bond acceptors (Lipinski definition) is 4. The first-order chi connectivity index (χ1) is 27.3. The van der Waals surface area contributed by atoms with Gasteiger partial charge in [-0.3, -0.25) is 0 Å². The van der Waals surface area contributed by atoms with Gasteiger partial charge in [0.2, 0.25) is 5.89 Å². The van der Waals surface area contributed by atoms with Gasteiger partial charge < -0.3 is 13.7 Å². The van der Waals surface area contributed by atoms with Gasteiger partial charge in [-0.2, -0.15) is 0 Å². The maximum atomic E-state index is 6.71. The summed E-state index contributed by atoms with van der Waals surface area (Å²) < 4.78 is 13.3. The van der Waals surface area contributed by atoms with Gasteiger partial charge in [-0.25, -0.2) is 4.98 Å². The predicted molar refractivity (Wildman–Crippen MR) is 227 cm³/mol. The first-order valence-electron chi connectivity index (χ1n) is 18.5. The normalized spacial score (nSPS) is 11.6. The van der Waals surface area contributed by atoms with Crippen LogP contribution < -0.4 is 4.90 Å². The van der Waals surface area contributed by atoms with Crippen molar-refractivity contribution in [3.05, 3.63) is 194 Å². The number of rotatable bonds is 6. The number of hydrogen-bond donors (Lipinski definition) is 0. The zero-order chi connectivity index (χ0) is 36.3. The number of furan rings is 1. The topological polar surface area (TPSA) is 42.4 Å². The molecule has 0 radical (unpaired) electrons. The smallest absolute Gasteiger partial charge is 0.227 e. The number of benzene rings is 9. The highest BCUT2D eigenvalue weighted by Crippen LogP contribution is 2.47. The van der Waals surface area contributed by atoms with E-state index in [4.69, 9.17) is 13.8 Å². The van der Waals surface area contributed by atoms with Gasteiger partial charge in [0.15, 0.2) is 5.58 Å². The van der Waals surface area contributed by atoms with Crippen molar-refractivity contribution >= 4 is 71.6 Å². The van der Waals surface area contributed by atoms with Gasteiger partial charge in [-0.15, -0.1) is 0 Å². The average Bonchev–Trinajstić information content (AvgIpc) is 3.87. The minimum absolute atomic E-state index is 0.609. The first kappa shape index (κ1) is 31.1. The molecule has 0 saturated heterocycles. The molecular weight excluding hydrogens is 673 g/mol. The molecule has 0 saturated carbocycles. The molecule has 0 N–H and O–H groups in total. The fourth-order valence-corrected chi connectivity index (χ4v) is 8.12. The highest BCUT2D eigenvalue weighted by molar-refractivity contribution is 6.23. The zero-order valence-corrected chi connectivity index (χ0v) is 29.7. The molecule has 11 aromatic rings. The Morgan fingerprint density at radius 2 is 1.07 bits per heavy atom. The molecule has 0 bridgehead atoms.